The van der Waals surface area contributed by atoms with Crippen LogP contribution in [0.1, 0.15) is 53.9 Å². The van der Waals surface area contributed by atoms with Crippen LogP contribution in [0.4, 0.5) is 0 Å². The van der Waals surface area contributed by atoms with Gasteiger partial charge in [-0.15, -0.1) is 0 Å². The van der Waals surface area contributed by atoms with E-state index in [9.17, 15) is 5.11 Å². The molecule has 0 amide bonds. The minimum absolute atomic E-state index is 0.0819. The van der Waals surface area contributed by atoms with Crippen LogP contribution in [0.5, 0.6) is 0 Å². The van der Waals surface area contributed by atoms with Crippen molar-refractivity contribution in [3.05, 3.63) is 70.8 Å². The molecule has 0 aromatic heterocycles. The van der Waals surface area contributed by atoms with E-state index in [4.69, 9.17) is 10.6 Å². The van der Waals surface area contributed by atoms with E-state index in [1.807, 2.05) is 6.07 Å². The zero-order valence-corrected chi connectivity index (χ0v) is 16.4. The quantitative estimate of drug-likeness (QED) is 0.594. The van der Waals surface area contributed by atoms with Crippen LogP contribution in [0.3, 0.4) is 0 Å². The molecule has 0 aliphatic heterocycles. The van der Waals surface area contributed by atoms with Crippen LogP contribution in [0.2, 0.25) is 0 Å². The first-order valence-electron chi connectivity index (χ1n) is 10.4. The van der Waals surface area contributed by atoms with Gasteiger partial charge < -0.3 is 15.7 Å². The second-order valence-electron chi connectivity index (χ2n) is 8.39. The summed E-state index contributed by atoms with van der Waals surface area (Å²) in [7, 11) is 0. The highest BCUT2D eigenvalue weighted by Crippen LogP contribution is 2.40. The number of aliphatic hydroxyl groups is 1. The largest absolute Gasteiger partial charge is 0.395 e. The number of nitrogens with zero attached hydrogens (tertiary/aromatic N) is 1. The number of nitrogens with two attached hydrogens (primary N) is 1. The monoisotopic (exact) mass is 378 g/mol. The predicted molar refractivity (Wildman–Crippen MR) is 113 cm³/mol. The van der Waals surface area contributed by atoms with Crippen molar-refractivity contribution in [2.45, 2.75) is 56.4 Å². The lowest BCUT2D eigenvalue weighted by Gasteiger charge is -2.22. The van der Waals surface area contributed by atoms with Crippen molar-refractivity contribution >= 4 is 5.71 Å². The highest BCUT2D eigenvalue weighted by atomic mass is 16.6. The Labute approximate surface area is 167 Å². The number of benzene rings is 2. The smallest absolute Gasteiger partial charge is 0.121 e. The summed E-state index contributed by atoms with van der Waals surface area (Å²) < 4.78 is 0. The van der Waals surface area contributed by atoms with Crippen LogP contribution in [0.15, 0.2) is 53.7 Å². The summed E-state index contributed by atoms with van der Waals surface area (Å²) in [5.74, 6) is 0.471. The van der Waals surface area contributed by atoms with E-state index in [0.29, 0.717) is 12.5 Å². The molecule has 1 saturated carbocycles. The number of fused-ring (bicyclic) bond motifs is 1. The zero-order chi connectivity index (χ0) is 19.4. The molecule has 2 aromatic carbocycles. The van der Waals surface area contributed by atoms with Gasteiger partial charge in [0.1, 0.15) is 6.61 Å². The molecule has 2 aromatic rings. The van der Waals surface area contributed by atoms with Crippen LogP contribution in [-0.2, 0) is 24.1 Å². The molecular formula is C24H30N2O2. The van der Waals surface area contributed by atoms with E-state index in [1.165, 1.54) is 22.3 Å². The van der Waals surface area contributed by atoms with E-state index >= 15 is 0 Å². The molecule has 0 radical (unpaired) electrons. The van der Waals surface area contributed by atoms with Gasteiger partial charge in [0.05, 0.1) is 12.3 Å². The summed E-state index contributed by atoms with van der Waals surface area (Å²) in [5, 5.41) is 13.9. The van der Waals surface area contributed by atoms with Gasteiger partial charge in [-0.2, -0.15) is 0 Å². The molecule has 4 heteroatoms. The van der Waals surface area contributed by atoms with Gasteiger partial charge in [0.2, 0.25) is 0 Å². The van der Waals surface area contributed by atoms with E-state index in [0.717, 1.165) is 50.7 Å². The molecule has 0 saturated heterocycles. The Morgan fingerprint density at radius 1 is 1.11 bits per heavy atom. The van der Waals surface area contributed by atoms with Gasteiger partial charge in [0.25, 0.3) is 0 Å². The first-order valence-corrected chi connectivity index (χ1v) is 10.4. The predicted octanol–water partition coefficient (Wildman–Crippen LogP) is 3.75. The molecule has 4 rings (SSSR count). The topological polar surface area (TPSA) is 67.8 Å². The molecule has 4 nitrogen and oxygen atoms in total. The molecule has 1 fully saturated rings. The van der Waals surface area contributed by atoms with Gasteiger partial charge in [0.15, 0.2) is 0 Å². The number of oxime groups is 1. The Bertz CT molecular complexity index is 834. The molecule has 0 spiro atoms. The van der Waals surface area contributed by atoms with Crippen molar-refractivity contribution < 1.29 is 9.94 Å². The van der Waals surface area contributed by atoms with Gasteiger partial charge in [0, 0.05) is 18.4 Å². The van der Waals surface area contributed by atoms with Crippen molar-refractivity contribution in [1.82, 2.24) is 0 Å². The molecular weight excluding hydrogens is 348 g/mol. The lowest BCUT2D eigenvalue weighted by Crippen LogP contribution is -2.40. The standard InChI is InChI=1S/C24H30N2O2/c25-24(17-27)12-10-22(16-24)20-6-7-21-15-23(9-8-19(21)14-20)26-28-13-11-18-4-2-1-3-5-18/h1-7,14,22,27H,8-13,15-17,25H2/b26-23-/t22-,24+/m0/s1. The molecule has 0 unspecified atom stereocenters. The fourth-order valence-electron chi connectivity index (χ4n) is 4.50. The van der Waals surface area contributed by atoms with Crippen LogP contribution >= 0.6 is 0 Å². The Hall–Kier alpha value is -2.17. The van der Waals surface area contributed by atoms with Crippen molar-refractivity contribution in [2.24, 2.45) is 10.9 Å². The summed E-state index contributed by atoms with van der Waals surface area (Å²) in [6.45, 7) is 0.700. The molecule has 3 N–H and O–H groups in total. The van der Waals surface area contributed by atoms with Crippen molar-refractivity contribution in [3.8, 4) is 0 Å². The van der Waals surface area contributed by atoms with Crippen LogP contribution < -0.4 is 5.73 Å². The molecule has 28 heavy (non-hydrogen) atoms. The first kappa shape index (κ1) is 19.2. The summed E-state index contributed by atoms with van der Waals surface area (Å²) in [6.07, 6.45) is 6.59. The maximum absolute atomic E-state index is 9.51. The van der Waals surface area contributed by atoms with E-state index in [-0.39, 0.29) is 6.61 Å². The van der Waals surface area contributed by atoms with Gasteiger partial charge in [-0.1, -0.05) is 53.7 Å². The first-order chi connectivity index (χ1) is 13.6. The van der Waals surface area contributed by atoms with Crippen LogP contribution in [0, 0.1) is 0 Å². The molecule has 0 heterocycles. The number of hydrogen-bond acceptors (Lipinski definition) is 4. The highest BCUT2D eigenvalue weighted by molar-refractivity contribution is 5.88. The molecule has 2 aliphatic carbocycles. The van der Waals surface area contributed by atoms with Crippen molar-refractivity contribution in [3.63, 3.8) is 0 Å². The normalized spacial score (nSPS) is 25.6. The fraction of sp³-hybridized carbons (Fsp3) is 0.458. The Kier molecular flexibility index (Phi) is 5.79. The SMILES string of the molecule is N[C@]1(CO)CC[C@H](c2ccc3c(c2)CC/C(=N/OCCc2ccccc2)C3)C1. The third-order valence-electron chi connectivity index (χ3n) is 6.26. The number of aryl methyl sites for hydroxylation is 1. The van der Waals surface area contributed by atoms with Gasteiger partial charge in [-0.25, -0.2) is 0 Å². The van der Waals surface area contributed by atoms with E-state index < -0.39 is 5.54 Å². The average molecular weight is 379 g/mol. The number of hydrogen-bond donors (Lipinski definition) is 2. The second kappa shape index (κ2) is 8.46. The lowest BCUT2D eigenvalue weighted by atomic mass is 9.85. The van der Waals surface area contributed by atoms with E-state index in [1.54, 1.807) is 0 Å². The maximum Gasteiger partial charge on any atom is 0.121 e. The van der Waals surface area contributed by atoms with Gasteiger partial charge >= 0.3 is 0 Å². The lowest BCUT2D eigenvalue weighted by molar-refractivity contribution is 0.146. The Balaban J connectivity index is 1.33. The third kappa shape index (κ3) is 4.45. The maximum atomic E-state index is 9.51. The van der Waals surface area contributed by atoms with E-state index in [2.05, 4.69) is 47.6 Å². The average Bonchev–Trinajstić information content (AvgIpc) is 3.14. The van der Waals surface area contributed by atoms with Crippen molar-refractivity contribution in [2.75, 3.05) is 13.2 Å². The minimum Gasteiger partial charge on any atom is -0.395 e. The van der Waals surface area contributed by atoms with Crippen LogP contribution in [-0.4, -0.2) is 29.6 Å². The Morgan fingerprint density at radius 3 is 2.75 bits per heavy atom. The number of rotatable bonds is 6. The Morgan fingerprint density at radius 2 is 1.96 bits per heavy atom. The van der Waals surface area contributed by atoms with Gasteiger partial charge in [-0.05, 0) is 60.3 Å². The second-order valence-corrected chi connectivity index (χ2v) is 8.39. The molecule has 0 bridgehead atoms. The molecule has 148 valence electrons. The zero-order valence-electron chi connectivity index (χ0n) is 16.4. The highest BCUT2D eigenvalue weighted by Gasteiger charge is 2.36. The molecule has 2 atom stereocenters. The van der Waals surface area contributed by atoms with Gasteiger partial charge in [-0.3, -0.25) is 0 Å². The third-order valence-corrected chi connectivity index (χ3v) is 6.26. The van der Waals surface area contributed by atoms with Crippen molar-refractivity contribution in [1.29, 1.82) is 0 Å². The fourth-order valence-corrected chi connectivity index (χ4v) is 4.50. The molecule has 2 aliphatic rings. The summed E-state index contributed by atoms with van der Waals surface area (Å²) >= 11 is 0. The number of aliphatic hydroxyl groups excluding tert-OH is 1. The van der Waals surface area contributed by atoms with Crippen LogP contribution in [0.25, 0.3) is 0 Å². The summed E-state index contributed by atoms with van der Waals surface area (Å²) in [5.41, 5.74) is 12.4. The summed E-state index contributed by atoms with van der Waals surface area (Å²) in [4.78, 5) is 5.58. The minimum atomic E-state index is -0.391. The summed E-state index contributed by atoms with van der Waals surface area (Å²) in [6, 6.07) is 17.2.